The summed E-state index contributed by atoms with van der Waals surface area (Å²) >= 11 is 1.29. The molecular weight excluding hydrogens is 354 g/mol. The van der Waals surface area contributed by atoms with Crippen molar-refractivity contribution in [2.75, 3.05) is 19.0 Å². The number of rotatable bonds is 6. The summed E-state index contributed by atoms with van der Waals surface area (Å²) in [5.41, 5.74) is 1.98. The molecular formula is C18H15N3O4S. The predicted octanol–water partition coefficient (Wildman–Crippen LogP) is 3.01. The number of pyridine rings is 1. The molecule has 0 atom stereocenters. The molecule has 1 amide bonds. The molecule has 0 saturated carbocycles. The van der Waals surface area contributed by atoms with E-state index < -0.39 is 18.5 Å². The first-order chi connectivity index (χ1) is 12.7. The number of benzene rings is 1. The lowest BCUT2D eigenvalue weighted by Gasteiger charge is -2.04. The molecule has 8 heteroatoms. The average molecular weight is 369 g/mol. The zero-order chi connectivity index (χ0) is 18.4. The largest absolute Gasteiger partial charge is 0.497 e. The van der Waals surface area contributed by atoms with Gasteiger partial charge in [0, 0.05) is 23.3 Å². The van der Waals surface area contributed by atoms with Crippen LogP contribution in [0, 0.1) is 0 Å². The van der Waals surface area contributed by atoms with E-state index in [1.54, 1.807) is 7.11 Å². The Morgan fingerprint density at radius 3 is 2.54 bits per heavy atom. The van der Waals surface area contributed by atoms with Crippen LogP contribution in [0.1, 0.15) is 10.4 Å². The van der Waals surface area contributed by atoms with Crippen LogP contribution in [0.25, 0.3) is 11.3 Å². The molecule has 132 valence electrons. The molecule has 3 aromatic rings. The van der Waals surface area contributed by atoms with E-state index in [1.807, 2.05) is 29.6 Å². The first-order valence-corrected chi connectivity index (χ1v) is 8.50. The van der Waals surface area contributed by atoms with E-state index >= 15 is 0 Å². The van der Waals surface area contributed by atoms with Crippen LogP contribution < -0.4 is 10.1 Å². The van der Waals surface area contributed by atoms with Gasteiger partial charge in [0.15, 0.2) is 11.7 Å². The summed E-state index contributed by atoms with van der Waals surface area (Å²) in [4.78, 5) is 31.9. The Hall–Kier alpha value is -3.26. The molecule has 0 fully saturated rings. The number of carbonyl (C=O) groups is 2. The maximum Gasteiger partial charge on any atom is 0.338 e. The summed E-state index contributed by atoms with van der Waals surface area (Å²) in [7, 11) is 1.60. The second kappa shape index (κ2) is 8.21. The van der Waals surface area contributed by atoms with Crippen molar-refractivity contribution >= 4 is 28.3 Å². The van der Waals surface area contributed by atoms with Crippen molar-refractivity contribution < 1.29 is 19.1 Å². The molecule has 1 aromatic carbocycles. The lowest BCUT2D eigenvalue weighted by molar-refractivity contribution is -0.119. The third-order valence-electron chi connectivity index (χ3n) is 3.39. The van der Waals surface area contributed by atoms with Crippen molar-refractivity contribution in [2.24, 2.45) is 0 Å². The monoisotopic (exact) mass is 369 g/mol. The fourth-order valence-corrected chi connectivity index (χ4v) is 2.82. The second-order valence-electron chi connectivity index (χ2n) is 5.13. The SMILES string of the molecule is COc1ccc(-c2csc(NC(=O)COC(=O)c3ccncc3)n2)cc1. The number of nitrogens with one attached hydrogen (secondary N) is 1. The number of hydrogen-bond donors (Lipinski definition) is 1. The van der Waals surface area contributed by atoms with Crippen LogP contribution in [0.3, 0.4) is 0 Å². The summed E-state index contributed by atoms with van der Waals surface area (Å²) in [6, 6.07) is 10.5. The minimum atomic E-state index is -0.583. The molecule has 26 heavy (non-hydrogen) atoms. The first-order valence-electron chi connectivity index (χ1n) is 7.62. The lowest BCUT2D eigenvalue weighted by Crippen LogP contribution is -2.20. The Morgan fingerprint density at radius 2 is 1.85 bits per heavy atom. The fraction of sp³-hybridized carbons (Fsp3) is 0.111. The van der Waals surface area contributed by atoms with Crippen molar-refractivity contribution in [1.29, 1.82) is 0 Å². The average Bonchev–Trinajstić information content (AvgIpc) is 3.15. The molecule has 0 aliphatic rings. The highest BCUT2D eigenvalue weighted by Gasteiger charge is 2.12. The lowest BCUT2D eigenvalue weighted by atomic mass is 10.2. The molecule has 0 spiro atoms. The Morgan fingerprint density at radius 1 is 1.12 bits per heavy atom. The molecule has 0 unspecified atom stereocenters. The third-order valence-corrected chi connectivity index (χ3v) is 4.14. The number of methoxy groups -OCH3 is 1. The number of nitrogens with zero attached hydrogens (tertiary/aromatic N) is 2. The topological polar surface area (TPSA) is 90.4 Å². The zero-order valence-electron chi connectivity index (χ0n) is 13.8. The van der Waals surface area contributed by atoms with E-state index in [0.717, 1.165) is 17.0 Å². The molecule has 0 aliphatic heterocycles. The molecule has 2 aromatic heterocycles. The second-order valence-corrected chi connectivity index (χ2v) is 5.98. The van der Waals surface area contributed by atoms with Crippen LogP contribution in [-0.2, 0) is 9.53 Å². The van der Waals surface area contributed by atoms with E-state index in [9.17, 15) is 9.59 Å². The molecule has 2 heterocycles. The Labute approximate surface area is 153 Å². The molecule has 1 N–H and O–H groups in total. The van der Waals surface area contributed by atoms with Crippen molar-refractivity contribution in [2.45, 2.75) is 0 Å². The molecule has 7 nitrogen and oxygen atoms in total. The van der Waals surface area contributed by atoms with E-state index in [2.05, 4.69) is 15.3 Å². The molecule has 0 radical (unpaired) electrons. The van der Waals surface area contributed by atoms with E-state index in [0.29, 0.717) is 10.7 Å². The van der Waals surface area contributed by atoms with Gasteiger partial charge in [0.05, 0.1) is 18.4 Å². The summed E-state index contributed by atoms with van der Waals surface area (Å²) in [6.07, 6.45) is 2.96. The van der Waals surface area contributed by atoms with Gasteiger partial charge in [-0.3, -0.25) is 15.1 Å². The standard InChI is InChI=1S/C18H15N3O4S/c1-24-14-4-2-12(3-5-14)15-11-26-18(20-15)21-16(22)10-25-17(23)13-6-8-19-9-7-13/h2-9,11H,10H2,1H3,(H,20,21,22). The normalized spacial score (nSPS) is 10.2. The molecule has 3 rings (SSSR count). The van der Waals surface area contributed by atoms with E-state index in [-0.39, 0.29) is 0 Å². The van der Waals surface area contributed by atoms with Crippen molar-refractivity contribution in [3.8, 4) is 17.0 Å². The number of ether oxygens (including phenoxy) is 2. The van der Waals surface area contributed by atoms with Crippen molar-refractivity contribution in [3.05, 3.63) is 59.7 Å². The van der Waals surface area contributed by atoms with Gasteiger partial charge >= 0.3 is 5.97 Å². The minimum Gasteiger partial charge on any atom is -0.497 e. The van der Waals surface area contributed by atoms with E-state index in [4.69, 9.17) is 9.47 Å². The Balaban J connectivity index is 1.55. The Bertz CT molecular complexity index is 894. The minimum absolute atomic E-state index is 0.337. The third kappa shape index (κ3) is 4.42. The van der Waals surface area contributed by atoms with Crippen LogP contribution in [0.2, 0.25) is 0 Å². The Kier molecular flexibility index (Phi) is 5.55. The number of hydrogen-bond acceptors (Lipinski definition) is 7. The number of carbonyl (C=O) groups excluding carboxylic acids is 2. The zero-order valence-corrected chi connectivity index (χ0v) is 14.7. The van der Waals surface area contributed by atoms with Crippen LogP contribution in [0.4, 0.5) is 5.13 Å². The number of anilines is 1. The van der Waals surface area contributed by atoms with Crippen LogP contribution in [-0.4, -0.2) is 35.6 Å². The highest BCUT2D eigenvalue weighted by molar-refractivity contribution is 7.14. The summed E-state index contributed by atoms with van der Waals surface area (Å²) in [5, 5.41) is 4.88. The molecule has 0 saturated heterocycles. The number of amides is 1. The maximum absolute atomic E-state index is 11.9. The highest BCUT2D eigenvalue weighted by Crippen LogP contribution is 2.26. The summed E-state index contributed by atoms with van der Waals surface area (Å²) in [5.74, 6) is -0.280. The maximum atomic E-state index is 11.9. The van der Waals surface area contributed by atoms with E-state index in [1.165, 1.54) is 35.9 Å². The summed E-state index contributed by atoms with van der Waals surface area (Å²) < 4.78 is 10.1. The van der Waals surface area contributed by atoms with Gasteiger partial charge in [0.1, 0.15) is 5.75 Å². The van der Waals surface area contributed by atoms with Gasteiger partial charge in [0.2, 0.25) is 0 Å². The van der Waals surface area contributed by atoms with Crippen LogP contribution >= 0.6 is 11.3 Å². The van der Waals surface area contributed by atoms with Gasteiger partial charge in [0.25, 0.3) is 5.91 Å². The summed E-state index contributed by atoms with van der Waals surface area (Å²) in [6.45, 7) is -0.390. The van der Waals surface area contributed by atoms with Gasteiger partial charge in [-0.15, -0.1) is 11.3 Å². The van der Waals surface area contributed by atoms with Crippen molar-refractivity contribution in [1.82, 2.24) is 9.97 Å². The molecule has 0 bridgehead atoms. The molecule has 0 aliphatic carbocycles. The van der Waals surface area contributed by atoms with Gasteiger partial charge in [-0.2, -0.15) is 0 Å². The fourth-order valence-electron chi connectivity index (χ4n) is 2.08. The van der Waals surface area contributed by atoms with Crippen LogP contribution in [0.15, 0.2) is 54.2 Å². The number of aromatic nitrogens is 2. The van der Waals surface area contributed by atoms with Gasteiger partial charge < -0.3 is 9.47 Å². The predicted molar refractivity (Wildman–Crippen MR) is 97.3 cm³/mol. The van der Waals surface area contributed by atoms with Gasteiger partial charge in [-0.25, -0.2) is 9.78 Å². The van der Waals surface area contributed by atoms with Gasteiger partial charge in [-0.05, 0) is 36.4 Å². The van der Waals surface area contributed by atoms with Gasteiger partial charge in [-0.1, -0.05) is 0 Å². The first kappa shape index (κ1) is 17.6. The number of thiazole rings is 1. The smallest absolute Gasteiger partial charge is 0.338 e. The van der Waals surface area contributed by atoms with Crippen molar-refractivity contribution in [3.63, 3.8) is 0 Å². The van der Waals surface area contributed by atoms with Crippen LogP contribution in [0.5, 0.6) is 5.75 Å². The quantitative estimate of drug-likeness (QED) is 0.672. The highest BCUT2D eigenvalue weighted by atomic mass is 32.1. The number of esters is 1.